The average Bonchev–Trinajstić information content (AvgIpc) is 2.17. The molecule has 108 valence electrons. The lowest BCUT2D eigenvalue weighted by Crippen LogP contribution is -2.13. The monoisotopic (exact) mass is 258 g/mol. The van der Waals surface area contributed by atoms with Crippen molar-refractivity contribution in [2.45, 2.75) is 67.2 Å². The van der Waals surface area contributed by atoms with Crippen LogP contribution in [0.2, 0.25) is 0 Å². The lowest BCUT2D eigenvalue weighted by atomic mass is 9.91. The Morgan fingerprint density at radius 3 is 1.39 bits per heavy atom. The lowest BCUT2D eigenvalue weighted by molar-refractivity contribution is 0.0496. The molecule has 0 amide bonds. The zero-order chi connectivity index (χ0) is 14.2. The van der Waals surface area contributed by atoms with Crippen molar-refractivity contribution >= 4 is 6.16 Å². The first-order valence-electron chi connectivity index (χ1n) is 6.90. The second-order valence-corrected chi connectivity index (χ2v) is 7.28. The molecule has 0 saturated heterocycles. The molecule has 0 bridgehead atoms. The second-order valence-electron chi connectivity index (χ2n) is 7.28. The number of ether oxygens (including phenoxy) is 2. The van der Waals surface area contributed by atoms with Gasteiger partial charge in [-0.2, -0.15) is 0 Å². The van der Waals surface area contributed by atoms with Gasteiger partial charge < -0.3 is 9.47 Å². The summed E-state index contributed by atoms with van der Waals surface area (Å²) >= 11 is 0. The van der Waals surface area contributed by atoms with E-state index in [0.29, 0.717) is 24.0 Å². The van der Waals surface area contributed by atoms with Crippen LogP contribution in [-0.4, -0.2) is 19.4 Å². The van der Waals surface area contributed by atoms with Crippen molar-refractivity contribution in [2.75, 3.05) is 13.2 Å². The van der Waals surface area contributed by atoms with E-state index in [2.05, 4.69) is 41.5 Å². The first-order chi connectivity index (χ1) is 8.10. The van der Waals surface area contributed by atoms with Gasteiger partial charge in [0.15, 0.2) is 0 Å². The van der Waals surface area contributed by atoms with E-state index in [1.54, 1.807) is 0 Å². The fourth-order valence-corrected chi connectivity index (χ4v) is 1.56. The lowest BCUT2D eigenvalue weighted by Gasteiger charge is -2.18. The van der Waals surface area contributed by atoms with Gasteiger partial charge in [-0.05, 0) is 36.5 Å². The molecule has 0 aliphatic carbocycles. The quantitative estimate of drug-likeness (QED) is 0.507. The average molecular weight is 258 g/mol. The number of carbonyl (C=O) groups excluding carboxylic acids is 1. The van der Waals surface area contributed by atoms with Crippen LogP contribution < -0.4 is 0 Å². The molecule has 0 aliphatic rings. The first-order valence-corrected chi connectivity index (χ1v) is 6.90. The summed E-state index contributed by atoms with van der Waals surface area (Å²) in [6, 6.07) is 0. The molecule has 0 heterocycles. The number of carbonyl (C=O) groups is 1. The number of hydrogen-bond donors (Lipinski definition) is 0. The fourth-order valence-electron chi connectivity index (χ4n) is 1.56. The predicted octanol–water partition coefficient (Wildman–Crippen LogP) is 4.79. The summed E-state index contributed by atoms with van der Waals surface area (Å²) in [6.07, 6.45) is 3.34. The SMILES string of the molecule is CC(C)(C)CCCOC(=O)OCCCC(C)(C)C. The molecule has 0 unspecified atom stereocenters. The Morgan fingerprint density at radius 1 is 0.778 bits per heavy atom. The molecule has 0 N–H and O–H groups in total. The van der Waals surface area contributed by atoms with Crippen molar-refractivity contribution in [1.29, 1.82) is 0 Å². The van der Waals surface area contributed by atoms with Crippen molar-refractivity contribution in [3.63, 3.8) is 0 Å². The van der Waals surface area contributed by atoms with Gasteiger partial charge in [-0.25, -0.2) is 4.79 Å². The maximum Gasteiger partial charge on any atom is 0.508 e. The standard InChI is InChI=1S/C15H30O3/c1-14(2,3)9-7-11-17-13(16)18-12-8-10-15(4,5)6/h7-12H2,1-6H3. The van der Waals surface area contributed by atoms with Crippen LogP contribution in [-0.2, 0) is 9.47 Å². The van der Waals surface area contributed by atoms with E-state index in [4.69, 9.17) is 9.47 Å². The maximum atomic E-state index is 11.2. The van der Waals surface area contributed by atoms with E-state index < -0.39 is 6.16 Å². The molecule has 0 aromatic carbocycles. The summed E-state index contributed by atoms with van der Waals surface area (Å²) in [7, 11) is 0. The Morgan fingerprint density at radius 2 is 1.11 bits per heavy atom. The third kappa shape index (κ3) is 13.3. The smallest absolute Gasteiger partial charge is 0.434 e. The van der Waals surface area contributed by atoms with Gasteiger partial charge in [-0.15, -0.1) is 0 Å². The first kappa shape index (κ1) is 17.3. The zero-order valence-corrected chi connectivity index (χ0v) is 13.0. The highest BCUT2D eigenvalue weighted by Crippen LogP contribution is 2.21. The van der Waals surface area contributed by atoms with Gasteiger partial charge >= 0.3 is 6.16 Å². The molecule has 0 fully saturated rings. The highest BCUT2D eigenvalue weighted by atomic mass is 16.7. The van der Waals surface area contributed by atoms with Crippen molar-refractivity contribution in [3.05, 3.63) is 0 Å². The molecule has 3 nitrogen and oxygen atoms in total. The molecule has 0 spiro atoms. The Hall–Kier alpha value is -0.730. The molecule has 18 heavy (non-hydrogen) atoms. The summed E-state index contributed by atoms with van der Waals surface area (Å²) in [5.41, 5.74) is 0.583. The van der Waals surface area contributed by atoms with E-state index >= 15 is 0 Å². The van der Waals surface area contributed by atoms with Gasteiger partial charge in [0.2, 0.25) is 0 Å². The van der Waals surface area contributed by atoms with Crippen molar-refractivity contribution in [1.82, 2.24) is 0 Å². The van der Waals surface area contributed by atoms with Crippen molar-refractivity contribution in [2.24, 2.45) is 10.8 Å². The molecule has 0 radical (unpaired) electrons. The van der Waals surface area contributed by atoms with Crippen molar-refractivity contribution in [3.8, 4) is 0 Å². The van der Waals surface area contributed by atoms with Crippen LogP contribution in [0.15, 0.2) is 0 Å². The van der Waals surface area contributed by atoms with Crippen LogP contribution in [0.3, 0.4) is 0 Å². The molecule has 0 rings (SSSR count). The van der Waals surface area contributed by atoms with E-state index in [0.717, 1.165) is 25.7 Å². The summed E-state index contributed by atoms with van der Waals surface area (Å²) < 4.78 is 10.0. The van der Waals surface area contributed by atoms with E-state index in [1.807, 2.05) is 0 Å². The van der Waals surface area contributed by atoms with E-state index in [1.165, 1.54) is 0 Å². The predicted molar refractivity (Wildman–Crippen MR) is 74.7 cm³/mol. The van der Waals surface area contributed by atoms with Gasteiger partial charge in [0, 0.05) is 0 Å². The van der Waals surface area contributed by atoms with Crippen LogP contribution in [0.25, 0.3) is 0 Å². The Balaban J connectivity index is 3.44. The summed E-state index contributed by atoms with van der Waals surface area (Å²) in [6.45, 7) is 14.0. The third-order valence-corrected chi connectivity index (χ3v) is 2.58. The number of hydrogen-bond acceptors (Lipinski definition) is 3. The summed E-state index contributed by atoms with van der Waals surface area (Å²) in [5.74, 6) is 0. The third-order valence-electron chi connectivity index (χ3n) is 2.58. The highest BCUT2D eigenvalue weighted by Gasteiger charge is 2.12. The summed E-state index contributed by atoms with van der Waals surface area (Å²) in [5, 5.41) is 0. The Labute approximate surface area is 112 Å². The van der Waals surface area contributed by atoms with Gasteiger partial charge in [0.1, 0.15) is 0 Å². The maximum absolute atomic E-state index is 11.2. The van der Waals surface area contributed by atoms with Crippen LogP contribution >= 0.6 is 0 Å². The van der Waals surface area contributed by atoms with Gasteiger partial charge in [-0.3, -0.25) is 0 Å². The molecule has 0 aromatic heterocycles. The Bertz CT molecular complexity index is 209. The molecule has 0 atom stereocenters. The van der Waals surface area contributed by atoms with E-state index in [-0.39, 0.29) is 0 Å². The summed E-state index contributed by atoms with van der Waals surface area (Å²) in [4.78, 5) is 11.2. The molecule has 0 aliphatic heterocycles. The van der Waals surface area contributed by atoms with Gasteiger partial charge in [0.25, 0.3) is 0 Å². The van der Waals surface area contributed by atoms with Gasteiger partial charge in [-0.1, -0.05) is 41.5 Å². The minimum atomic E-state index is -0.530. The second kappa shape index (κ2) is 7.65. The van der Waals surface area contributed by atoms with E-state index in [9.17, 15) is 4.79 Å². The topological polar surface area (TPSA) is 35.5 Å². The minimum absolute atomic E-state index is 0.292. The largest absolute Gasteiger partial charge is 0.508 e. The molecular formula is C15H30O3. The normalized spacial score (nSPS) is 12.3. The highest BCUT2D eigenvalue weighted by molar-refractivity contribution is 5.59. The molecule has 3 heteroatoms. The molecule has 0 aromatic rings. The Kier molecular flexibility index (Phi) is 7.34. The molecule has 0 saturated carbocycles. The van der Waals surface area contributed by atoms with Gasteiger partial charge in [0.05, 0.1) is 13.2 Å². The van der Waals surface area contributed by atoms with Crippen molar-refractivity contribution < 1.29 is 14.3 Å². The minimum Gasteiger partial charge on any atom is -0.434 e. The zero-order valence-electron chi connectivity index (χ0n) is 13.0. The fraction of sp³-hybridized carbons (Fsp3) is 0.933. The molecular weight excluding hydrogens is 228 g/mol. The number of rotatable bonds is 6. The van der Waals surface area contributed by atoms with Crippen LogP contribution in [0.4, 0.5) is 4.79 Å². The van der Waals surface area contributed by atoms with Crippen LogP contribution in [0.1, 0.15) is 67.2 Å². The van der Waals surface area contributed by atoms with Crippen LogP contribution in [0.5, 0.6) is 0 Å². The van der Waals surface area contributed by atoms with Crippen LogP contribution in [0, 0.1) is 10.8 Å².